The van der Waals surface area contributed by atoms with Gasteiger partial charge in [-0.1, -0.05) is 80.4 Å². The second-order valence-corrected chi connectivity index (χ2v) is 32.1. The standard InChI is InChI=1S/3C34H34N2O9.3C2H4O2/c1-5-35(14-17-41-22(2)37)25-10-12-29-31(20-25)44-32-21-26(36(15-18-42-23(3)38)16-19-43-24(4)39)11-13-30(32)34(29)28-9-7-6-8-27(28)33(40)45-34;2*1-5-35(14-17-42-22(2)37)25-10-12-29-31(20-25)45-32-21-26(36(15-18-43-23(3)38)16-19-44-24(4)39)11-13-30(32)33(29)27-8-6-7-9-28(27)34(40)41;3*1-2(3)4/h3*5-13,20-21H,1,14-19H2,2-4H3;3*1H3,(H,3,4)/p+1. The van der Waals surface area contributed by atoms with Gasteiger partial charge in [-0.3, -0.25) is 57.5 Å². The lowest BCUT2D eigenvalue weighted by Crippen LogP contribution is -2.36. The molecule has 0 amide bonds. The number of aromatic carboxylic acids is 2. The number of aliphatic carboxylic acids is 3. The van der Waals surface area contributed by atoms with Crippen molar-refractivity contribution in [2.24, 2.45) is 0 Å². The highest BCUT2D eigenvalue weighted by atomic mass is 16.6. The quantitative estimate of drug-likeness (QED) is 0.0121. The average molecular weight is 2030 g/mol. The Morgan fingerprint density at radius 1 is 0.347 bits per heavy atom. The van der Waals surface area contributed by atoms with Crippen LogP contribution >= 0.6 is 0 Å². The van der Waals surface area contributed by atoms with E-state index in [9.17, 15) is 67.7 Å². The zero-order chi connectivity index (χ0) is 108. The highest BCUT2D eigenvalue weighted by Crippen LogP contribution is 2.57. The summed E-state index contributed by atoms with van der Waals surface area (Å²) in [7, 11) is 0. The van der Waals surface area contributed by atoms with Gasteiger partial charge in [0, 0.05) is 198 Å². The smallest absolute Gasteiger partial charge is 0.340 e. The van der Waals surface area contributed by atoms with Crippen molar-refractivity contribution in [3.8, 4) is 56.4 Å². The molecule has 1 spiro atoms. The third-order valence-electron chi connectivity index (χ3n) is 21.6. The highest BCUT2D eigenvalue weighted by molar-refractivity contribution is 6.09. The molecule has 39 heteroatoms. The SMILES string of the molecule is C=CN(CCOC(C)=O)c1ccc2c(-c3ccccc3C(=O)O)c3ccc(=[N+](CCOC(C)=O)CCOC(C)=O)cc-3oc2c1.C=CN(CCOC(C)=O)c1ccc2c(-c3ccccc3C(=O)[O-])c3ccc(=[N+](CCOC(C)=O)CCOC(C)=O)cc-3oc2c1.C=CN(CCOC(C)=O)c1ccc2c(c1)Oc1cc(N(CCOC(C)=O)CCOC(C)=O)ccc1C21OC(=O)c2ccccc21.CC(=O)O.CC(=O)O.CC(=O)O. The van der Waals surface area contributed by atoms with Crippen molar-refractivity contribution in [3.05, 3.63) is 264 Å². The lowest BCUT2D eigenvalue weighted by atomic mass is 9.77. The van der Waals surface area contributed by atoms with Crippen LogP contribution in [0.5, 0.6) is 11.5 Å². The normalized spacial score (nSPS) is 11.8. The number of fused-ring (bicyclic) bond motifs is 10. The van der Waals surface area contributed by atoms with Gasteiger partial charge in [-0.25, -0.2) is 18.7 Å². The Hall–Kier alpha value is -17.8. The molecule has 13 rings (SSSR count). The van der Waals surface area contributed by atoms with E-state index >= 15 is 0 Å². The molecule has 6 aliphatic rings. The van der Waals surface area contributed by atoms with Gasteiger partial charge in [0.2, 0.25) is 10.7 Å². The lowest BCUT2D eigenvalue weighted by Gasteiger charge is -2.37. The van der Waals surface area contributed by atoms with Gasteiger partial charge in [0.25, 0.3) is 17.9 Å². The molecule has 0 aromatic heterocycles. The first kappa shape index (κ1) is 114. The van der Waals surface area contributed by atoms with Crippen LogP contribution in [0.3, 0.4) is 0 Å². The molecule has 4 aliphatic heterocycles. The zero-order valence-electron chi connectivity index (χ0n) is 83.2. The molecule has 0 bridgehead atoms. The van der Waals surface area contributed by atoms with Gasteiger partial charge >= 0.3 is 65.7 Å². The number of esters is 10. The maximum absolute atomic E-state index is 13.3. The summed E-state index contributed by atoms with van der Waals surface area (Å²) in [5.74, 6) is -7.07. The van der Waals surface area contributed by atoms with Crippen LogP contribution in [0.15, 0.2) is 229 Å². The van der Waals surface area contributed by atoms with Crippen molar-refractivity contribution < 1.29 is 158 Å². The Bertz CT molecular complexity index is 6450. The van der Waals surface area contributed by atoms with E-state index in [-0.39, 0.29) is 88.5 Å². The first-order valence-electron chi connectivity index (χ1n) is 45.8. The summed E-state index contributed by atoms with van der Waals surface area (Å²) in [6.45, 7) is 31.2. The summed E-state index contributed by atoms with van der Waals surface area (Å²) in [4.78, 5) is 174. The molecule has 147 heavy (non-hydrogen) atoms. The van der Waals surface area contributed by atoms with Crippen LogP contribution < -0.4 is 49.3 Å². The van der Waals surface area contributed by atoms with Gasteiger partial charge in [-0.05, 0) is 103 Å². The van der Waals surface area contributed by atoms with Crippen LogP contribution in [0, 0.1) is 0 Å². The predicted octanol–water partition coefficient (Wildman–Crippen LogP) is 12.3. The Kier molecular flexibility index (Phi) is 43.3. The monoisotopic (exact) mass is 2020 g/mol. The molecule has 7 aromatic rings. The molecule has 774 valence electrons. The fourth-order valence-electron chi connectivity index (χ4n) is 15.6. The van der Waals surface area contributed by atoms with Gasteiger partial charge in [-0.2, -0.15) is 0 Å². The first-order chi connectivity index (χ1) is 70.0. The molecule has 0 fully saturated rings. The minimum absolute atomic E-state index is 0.0259. The topological polar surface area (TPSA) is 507 Å². The second kappa shape index (κ2) is 55.6. The van der Waals surface area contributed by atoms with Crippen molar-refractivity contribution in [2.45, 2.75) is 88.7 Å². The number of ether oxygens (including phenoxy) is 11. The van der Waals surface area contributed by atoms with Crippen molar-refractivity contribution >= 4 is 134 Å². The maximum atomic E-state index is 13.3. The van der Waals surface area contributed by atoms with Crippen LogP contribution in [-0.2, 0) is 111 Å². The van der Waals surface area contributed by atoms with E-state index in [1.165, 1.54) is 68.4 Å². The maximum Gasteiger partial charge on any atom is 0.340 e. The van der Waals surface area contributed by atoms with Crippen molar-refractivity contribution in [3.63, 3.8) is 0 Å². The first-order valence-corrected chi connectivity index (χ1v) is 45.8. The van der Waals surface area contributed by atoms with E-state index in [1.54, 1.807) is 90.2 Å². The zero-order valence-corrected chi connectivity index (χ0v) is 83.2. The molecule has 0 saturated heterocycles. The van der Waals surface area contributed by atoms with Crippen LogP contribution in [-0.4, -0.2) is 228 Å². The van der Waals surface area contributed by atoms with Gasteiger partial charge in [0.15, 0.2) is 31.8 Å². The average Bonchev–Trinajstić information content (AvgIpc) is 1.54. The minimum Gasteiger partial charge on any atom is -0.545 e. The van der Waals surface area contributed by atoms with E-state index < -0.39 is 77.2 Å². The molecule has 0 radical (unpaired) electrons. The summed E-state index contributed by atoms with van der Waals surface area (Å²) in [5, 5.41) is 47.2. The summed E-state index contributed by atoms with van der Waals surface area (Å²) < 4.78 is 75.8. The van der Waals surface area contributed by atoms with Crippen LogP contribution in [0.1, 0.15) is 131 Å². The van der Waals surface area contributed by atoms with Crippen LogP contribution in [0.25, 0.3) is 66.8 Å². The van der Waals surface area contributed by atoms with E-state index in [0.29, 0.717) is 176 Å². The molecule has 39 nitrogen and oxygen atoms in total. The Balaban J connectivity index is 0.000000254. The summed E-state index contributed by atoms with van der Waals surface area (Å²) in [5.41, 5.74) is 8.81. The van der Waals surface area contributed by atoms with Crippen LogP contribution in [0.2, 0.25) is 0 Å². The Morgan fingerprint density at radius 2 is 0.653 bits per heavy atom. The number of benzene rings is 9. The summed E-state index contributed by atoms with van der Waals surface area (Å²) in [6.07, 6.45) is 4.86. The van der Waals surface area contributed by atoms with Crippen LogP contribution in [0.4, 0.5) is 22.7 Å². The van der Waals surface area contributed by atoms with E-state index in [2.05, 4.69) is 19.7 Å². The molecular weight excluding hydrogens is 1910 g/mol. The Morgan fingerprint density at radius 3 is 1.01 bits per heavy atom. The van der Waals surface area contributed by atoms with Gasteiger partial charge in [0.1, 0.15) is 93.6 Å². The van der Waals surface area contributed by atoms with Gasteiger partial charge in [0.05, 0.1) is 62.0 Å². The molecule has 1 atom stereocenters. The number of anilines is 4. The molecule has 4 heterocycles. The number of carboxylic acids is 5. The number of nitrogens with zero attached hydrogens (tertiary/aromatic N) is 6. The molecule has 7 aromatic carbocycles. The molecule has 4 N–H and O–H groups in total. The summed E-state index contributed by atoms with van der Waals surface area (Å²) in [6, 6.07) is 53.9. The minimum atomic E-state index is -1.31. The number of carbonyl (C=O) groups excluding carboxylic acids is 11. The number of carbonyl (C=O) groups is 15. The fourth-order valence-corrected chi connectivity index (χ4v) is 15.6. The molecule has 1 unspecified atom stereocenters. The second-order valence-electron chi connectivity index (χ2n) is 32.1. The lowest BCUT2D eigenvalue weighted by molar-refractivity contribution is -0.255. The Labute approximate surface area is 845 Å². The van der Waals surface area contributed by atoms with Crippen molar-refractivity contribution in [2.75, 3.05) is 138 Å². The third kappa shape index (κ3) is 33.1. The number of hydrogen-bond acceptors (Lipinski definition) is 33. The molecular formula is C108H115N6O33+. The third-order valence-corrected chi connectivity index (χ3v) is 21.6. The number of hydrogen-bond donors (Lipinski definition) is 4. The molecule has 2 aliphatic carbocycles. The summed E-state index contributed by atoms with van der Waals surface area (Å²) >= 11 is 0. The molecule has 0 saturated carbocycles. The van der Waals surface area contributed by atoms with E-state index in [0.717, 1.165) is 37.8 Å². The predicted molar refractivity (Wildman–Crippen MR) is 537 cm³/mol. The number of rotatable bonds is 38. The van der Waals surface area contributed by atoms with Gasteiger partial charge in [-0.15, -0.1) is 0 Å². The van der Waals surface area contributed by atoms with E-state index in [4.69, 9.17) is 90.6 Å². The van der Waals surface area contributed by atoms with Gasteiger partial charge < -0.3 is 111 Å². The largest absolute Gasteiger partial charge is 0.545 e. The number of carboxylic acid groups (broad SMARTS) is 5. The van der Waals surface area contributed by atoms with Crippen molar-refractivity contribution in [1.82, 2.24) is 9.15 Å². The van der Waals surface area contributed by atoms with Crippen molar-refractivity contribution in [1.29, 1.82) is 0 Å². The highest BCUT2D eigenvalue weighted by Gasteiger charge is 2.54. The van der Waals surface area contributed by atoms with E-state index in [1.807, 2.05) is 133 Å². The fraction of sp³-hybridized carbons (Fsp3) is 0.287.